The molecule has 0 amide bonds. The SMILES string of the molecule is CCCNc1nc(O)c(C(F)(F)F)cc1C(=O)CC(=O)OCCC. The lowest BCUT2D eigenvalue weighted by Crippen LogP contribution is -2.17. The molecule has 24 heavy (non-hydrogen) atoms. The molecule has 0 aliphatic carbocycles. The number of esters is 1. The average molecular weight is 348 g/mol. The molecule has 0 aliphatic rings. The molecule has 1 aromatic rings. The van der Waals surface area contributed by atoms with Gasteiger partial charge in [-0.15, -0.1) is 0 Å². The van der Waals surface area contributed by atoms with E-state index in [0.29, 0.717) is 25.5 Å². The number of ether oxygens (including phenoxy) is 1. The summed E-state index contributed by atoms with van der Waals surface area (Å²) in [6.45, 7) is 4.02. The summed E-state index contributed by atoms with van der Waals surface area (Å²) in [6, 6.07) is 0.496. The van der Waals surface area contributed by atoms with Crippen molar-refractivity contribution in [3.05, 3.63) is 17.2 Å². The molecule has 0 saturated heterocycles. The second-order valence-electron chi connectivity index (χ2n) is 5.00. The molecule has 1 rings (SSSR count). The lowest BCUT2D eigenvalue weighted by atomic mass is 10.1. The number of nitrogens with one attached hydrogen (secondary N) is 1. The number of ketones is 1. The first-order valence-electron chi connectivity index (χ1n) is 7.44. The number of pyridine rings is 1. The summed E-state index contributed by atoms with van der Waals surface area (Å²) in [7, 11) is 0. The highest BCUT2D eigenvalue weighted by atomic mass is 19.4. The zero-order valence-electron chi connectivity index (χ0n) is 13.4. The van der Waals surface area contributed by atoms with Gasteiger partial charge in [0.15, 0.2) is 5.78 Å². The first-order chi connectivity index (χ1) is 11.2. The van der Waals surface area contributed by atoms with Gasteiger partial charge in [0.1, 0.15) is 17.8 Å². The quantitative estimate of drug-likeness (QED) is 0.426. The van der Waals surface area contributed by atoms with E-state index in [-0.39, 0.29) is 12.4 Å². The number of hydrogen-bond donors (Lipinski definition) is 2. The fourth-order valence-electron chi connectivity index (χ4n) is 1.80. The van der Waals surface area contributed by atoms with Gasteiger partial charge in [-0.3, -0.25) is 9.59 Å². The van der Waals surface area contributed by atoms with Crippen LogP contribution in [0, 0.1) is 0 Å². The van der Waals surface area contributed by atoms with Crippen LogP contribution in [0.2, 0.25) is 0 Å². The van der Waals surface area contributed by atoms with Crippen LogP contribution in [-0.2, 0) is 15.7 Å². The van der Waals surface area contributed by atoms with Crippen LogP contribution >= 0.6 is 0 Å². The molecule has 0 aromatic carbocycles. The van der Waals surface area contributed by atoms with Gasteiger partial charge in [-0.1, -0.05) is 13.8 Å². The fourth-order valence-corrected chi connectivity index (χ4v) is 1.80. The van der Waals surface area contributed by atoms with Crippen molar-refractivity contribution in [3.8, 4) is 5.88 Å². The Bertz CT molecular complexity index is 603. The lowest BCUT2D eigenvalue weighted by Gasteiger charge is -2.14. The monoisotopic (exact) mass is 348 g/mol. The van der Waals surface area contributed by atoms with Crippen LogP contribution in [0.15, 0.2) is 6.07 Å². The number of hydrogen-bond acceptors (Lipinski definition) is 6. The maximum absolute atomic E-state index is 12.9. The molecule has 0 spiro atoms. The Kier molecular flexibility index (Phi) is 6.99. The maximum Gasteiger partial charge on any atom is 0.421 e. The van der Waals surface area contributed by atoms with Crippen molar-refractivity contribution in [3.63, 3.8) is 0 Å². The Hall–Kier alpha value is -2.32. The van der Waals surface area contributed by atoms with Gasteiger partial charge in [-0.05, 0) is 18.9 Å². The van der Waals surface area contributed by atoms with Crippen molar-refractivity contribution in [2.45, 2.75) is 39.3 Å². The molecular formula is C15H19F3N2O4. The number of rotatable bonds is 8. The minimum Gasteiger partial charge on any atom is -0.493 e. The molecule has 9 heteroatoms. The van der Waals surface area contributed by atoms with Crippen molar-refractivity contribution < 1.29 is 32.6 Å². The Morgan fingerprint density at radius 2 is 1.96 bits per heavy atom. The number of Topliss-reactive ketones (excluding diaryl/α,β-unsaturated/α-hetero) is 1. The van der Waals surface area contributed by atoms with Crippen LogP contribution in [0.5, 0.6) is 5.88 Å². The minimum absolute atomic E-state index is 0.120. The second-order valence-corrected chi connectivity index (χ2v) is 5.00. The predicted molar refractivity (Wildman–Crippen MR) is 79.9 cm³/mol. The fraction of sp³-hybridized carbons (Fsp3) is 0.533. The summed E-state index contributed by atoms with van der Waals surface area (Å²) in [6.07, 6.45) is -4.40. The standard InChI is InChI=1S/C15H19F3N2O4/c1-3-5-19-13-9(11(21)8-12(22)24-6-4-2)7-10(14(23)20-13)15(16,17)18/h7H,3-6,8H2,1-2H3,(H2,19,20,23). The van der Waals surface area contributed by atoms with Crippen LogP contribution < -0.4 is 5.32 Å². The molecule has 0 unspecified atom stereocenters. The van der Waals surface area contributed by atoms with E-state index >= 15 is 0 Å². The van der Waals surface area contributed by atoms with Crippen LogP contribution in [0.4, 0.5) is 19.0 Å². The van der Waals surface area contributed by atoms with E-state index in [1.54, 1.807) is 13.8 Å². The third kappa shape index (κ3) is 5.39. The highest BCUT2D eigenvalue weighted by Crippen LogP contribution is 2.37. The Morgan fingerprint density at radius 3 is 2.50 bits per heavy atom. The van der Waals surface area contributed by atoms with Gasteiger partial charge in [0, 0.05) is 6.54 Å². The third-order valence-corrected chi connectivity index (χ3v) is 2.92. The molecule has 0 atom stereocenters. The second kappa shape index (κ2) is 8.51. The normalized spacial score (nSPS) is 11.2. The Balaban J connectivity index is 3.16. The predicted octanol–water partition coefficient (Wildman–Crippen LogP) is 3.15. The number of carbonyl (C=O) groups is 2. The van der Waals surface area contributed by atoms with Gasteiger partial charge in [-0.2, -0.15) is 18.2 Å². The van der Waals surface area contributed by atoms with E-state index in [1.165, 1.54) is 0 Å². The van der Waals surface area contributed by atoms with E-state index in [2.05, 4.69) is 10.3 Å². The molecule has 0 fully saturated rings. The van der Waals surface area contributed by atoms with E-state index in [1.807, 2.05) is 0 Å². The topological polar surface area (TPSA) is 88.5 Å². The van der Waals surface area contributed by atoms with Gasteiger partial charge in [0.25, 0.3) is 0 Å². The highest BCUT2D eigenvalue weighted by Gasteiger charge is 2.36. The first-order valence-corrected chi connectivity index (χ1v) is 7.44. The minimum atomic E-state index is -4.88. The average Bonchev–Trinajstić information content (AvgIpc) is 2.49. The molecule has 0 bridgehead atoms. The zero-order chi connectivity index (χ0) is 18.3. The van der Waals surface area contributed by atoms with Crippen LogP contribution in [-0.4, -0.2) is 35.0 Å². The maximum atomic E-state index is 12.9. The largest absolute Gasteiger partial charge is 0.493 e. The van der Waals surface area contributed by atoms with Gasteiger partial charge in [0.05, 0.1) is 12.2 Å². The van der Waals surface area contributed by atoms with E-state index < -0.39 is 41.4 Å². The number of aromatic nitrogens is 1. The van der Waals surface area contributed by atoms with Crippen molar-refractivity contribution in [2.24, 2.45) is 0 Å². The van der Waals surface area contributed by atoms with Crippen LogP contribution in [0.25, 0.3) is 0 Å². The molecule has 0 saturated carbocycles. The van der Waals surface area contributed by atoms with E-state index in [0.717, 1.165) is 0 Å². The molecule has 1 aromatic heterocycles. The molecule has 6 nitrogen and oxygen atoms in total. The number of anilines is 1. The Morgan fingerprint density at radius 1 is 1.29 bits per heavy atom. The molecule has 134 valence electrons. The van der Waals surface area contributed by atoms with E-state index in [4.69, 9.17) is 4.74 Å². The highest BCUT2D eigenvalue weighted by molar-refractivity contribution is 6.08. The molecule has 2 N–H and O–H groups in total. The van der Waals surface area contributed by atoms with Gasteiger partial charge >= 0.3 is 12.1 Å². The van der Waals surface area contributed by atoms with Crippen molar-refractivity contribution in [1.29, 1.82) is 0 Å². The van der Waals surface area contributed by atoms with Crippen LogP contribution in [0.3, 0.4) is 0 Å². The molecule has 0 aliphatic heterocycles. The van der Waals surface area contributed by atoms with Crippen molar-refractivity contribution in [2.75, 3.05) is 18.5 Å². The van der Waals surface area contributed by atoms with Crippen molar-refractivity contribution in [1.82, 2.24) is 4.98 Å². The Labute approximate surface area is 137 Å². The summed E-state index contributed by atoms with van der Waals surface area (Å²) in [5.74, 6) is -3.13. The lowest BCUT2D eigenvalue weighted by molar-refractivity contribution is -0.142. The number of halogens is 3. The first kappa shape index (κ1) is 19.7. The van der Waals surface area contributed by atoms with Crippen molar-refractivity contribution >= 4 is 17.6 Å². The molecular weight excluding hydrogens is 329 g/mol. The van der Waals surface area contributed by atoms with Gasteiger partial charge in [0.2, 0.25) is 5.88 Å². The summed E-state index contributed by atoms with van der Waals surface area (Å²) < 4.78 is 43.4. The number of alkyl halides is 3. The van der Waals surface area contributed by atoms with Crippen LogP contribution in [0.1, 0.15) is 49.0 Å². The summed E-state index contributed by atoms with van der Waals surface area (Å²) in [5, 5.41) is 12.1. The van der Waals surface area contributed by atoms with Gasteiger partial charge in [-0.25, -0.2) is 0 Å². The zero-order valence-corrected chi connectivity index (χ0v) is 13.4. The number of aromatic hydroxyl groups is 1. The number of carbonyl (C=O) groups excluding carboxylic acids is 2. The van der Waals surface area contributed by atoms with E-state index in [9.17, 15) is 27.9 Å². The molecule has 0 radical (unpaired) electrons. The smallest absolute Gasteiger partial charge is 0.421 e. The molecule has 1 heterocycles. The summed E-state index contributed by atoms with van der Waals surface area (Å²) in [4.78, 5) is 27.1. The summed E-state index contributed by atoms with van der Waals surface area (Å²) in [5.41, 5.74) is -1.85. The summed E-state index contributed by atoms with van der Waals surface area (Å²) >= 11 is 0. The van der Waals surface area contributed by atoms with Gasteiger partial charge < -0.3 is 15.2 Å². The number of nitrogens with zero attached hydrogens (tertiary/aromatic N) is 1. The third-order valence-electron chi connectivity index (χ3n) is 2.92.